The van der Waals surface area contributed by atoms with Gasteiger partial charge >= 0.3 is 0 Å². The van der Waals surface area contributed by atoms with Crippen LogP contribution in [0.3, 0.4) is 0 Å². The van der Waals surface area contributed by atoms with E-state index in [1.54, 1.807) is 35.2 Å². The SMILES string of the molecule is C=CCNS(=O)(=O)Cc1ccc(NC(=O)CSc2nncn2-c2ccc(C)c(Cl)c2)cc1. The number of carbonyl (C=O) groups excluding carboxylic acids is 1. The van der Waals surface area contributed by atoms with E-state index < -0.39 is 10.0 Å². The second-order valence-electron chi connectivity index (χ2n) is 6.85. The Labute approximate surface area is 196 Å². The van der Waals surface area contributed by atoms with Gasteiger partial charge in [0.25, 0.3) is 0 Å². The van der Waals surface area contributed by atoms with Crippen molar-refractivity contribution in [2.24, 2.45) is 0 Å². The van der Waals surface area contributed by atoms with E-state index >= 15 is 0 Å². The molecule has 0 atom stereocenters. The number of benzene rings is 2. The number of aryl methyl sites for hydroxylation is 1. The van der Waals surface area contributed by atoms with Gasteiger partial charge in [0.15, 0.2) is 5.16 Å². The van der Waals surface area contributed by atoms with Gasteiger partial charge in [-0.05, 0) is 42.3 Å². The first-order valence-electron chi connectivity index (χ1n) is 9.54. The number of anilines is 1. The molecule has 0 aliphatic carbocycles. The Morgan fingerprint density at radius 3 is 2.69 bits per heavy atom. The molecule has 0 radical (unpaired) electrons. The van der Waals surface area contributed by atoms with Crippen molar-refractivity contribution in [2.75, 3.05) is 17.6 Å². The first-order valence-corrected chi connectivity index (χ1v) is 12.6. The van der Waals surface area contributed by atoms with Crippen LogP contribution in [0.1, 0.15) is 11.1 Å². The highest BCUT2D eigenvalue weighted by Crippen LogP contribution is 2.24. The highest BCUT2D eigenvalue weighted by Gasteiger charge is 2.13. The van der Waals surface area contributed by atoms with Gasteiger partial charge in [0.1, 0.15) is 6.33 Å². The van der Waals surface area contributed by atoms with E-state index in [4.69, 9.17) is 11.6 Å². The molecule has 3 aromatic rings. The molecule has 0 aliphatic rings. The van der Waals surface area contributed by atoms with E-state index in [0.717, 1.165) is 11.3 Å². The number of sulfonamides is 1. The molecule has 0 fully saturated rings. The van der Waals surface area contributed by atoms with Crippen molar-refractivity contribution in [2.45, 2.75) is 17.8 Å². The summed E-state index contributed by atoms with van der Waals surface area (Å²) in [5.41, 5.74) is 2.96. The van der Waals surface area contributed by atoms with E-state index in [9.17, 15) is 13.2 Å². The smallest absolute Gasteiger partial charge is 0.234 e. The molecule has 0 spiro atoms. The molecule has 8 nitrogen and oxygen atoms in total. The number of carbonyl (C=O) groups is 1. The van der Waals surface area contributed by atoms with E-state index in [1.165, 1.54) is 17.8 Å². The maximum absolute atomic E-state index is 12.4. The maximum atomic E-state index is 12.4. The van der Waals surface area contributed by atoms with Gasteiger partial charge in [-0.25, -0.2) is 13.1 Å². The average molecular weight is 492 g/mol. The summed E-state index contributed by atoms with van der Waals surface area (Å²) in [7, 11) is -3.43. The van der Waals surface area contributed by atoms with Crippen LogP contribution in [-0.2, 0) is 20.6 Å². The van der Waals surface area contributed by atoms with Crippen LogP contribution in [-0.4, -0.2) is 41.4 Å². The molecule has 0 unspecified atom stereocenters. The Bertz CT molecular complexity index is 1210. The molecule has 0 aliphatic heterocycles. The molecular weight excluding hydrogens is 470 g/mol. The van der Waals surface area contributed by atoms with E-state index in [2.05, 4.69) is 26.8 Å². The fraction of sp³-hybridized carbons (Fsp3) is 0.190. The molecule has 3 rings (SSSR count). The van der Waals surface area contributed by atoms with Crippen molar-refractivity contribution < 1.29 is 13.2 Å². The van der Waals surface area contributed by atoms with Crippen LogP contribution < -0.4 is 10.0 Å². The van der Waals surface area contributed by atoms with Gasteiger partial charge in [-0.3, -0.25) is 9.36 Å². The van der Waals surface area contributed by atoms with Crippen LogP contribution in [0.25, 0.3) is 5.69 Å². The van der Waals surface area contributed by atoms with Crippen LogP contribution in [0.4, 0.5) is 5.69 Å². The van der Waals surface area contributed by atoms with Crippen molar-refractivity contribution in [3.05, 3.63) is 77.6 Å². The van der Waals surface area contributed by atoms with Crippen LogP contribution in [0.5, 0.6) is 0 Å². The van der Waals surface area contributed by atoms with Crippen molar-refractivity contribution in [3.63, 3.8) is 0 Å². The molecule has 1 amide bonds. The lowest BCUT2D eigenvalue weighted by Gasteiger charge is -2.09. The predicted octanol–water partition coefficient (Wildman–Crippen LogP) is 3.57. The topological polar surface area (TPSA) is 106 Å². The number of hydrogen-bond acceptors (Lipinski definition) is 6. The number of thioether (sulfide) groups is 1. The van der Waals surface area contributed by atoms with Crippen molar-refractivity contribution in [1.82, 2.24) is 19.5 Å². The van der Waals surface area contributed by atoms with Crippen molar-refractivity contribution >= 4 is 45.0 Å². The van der Waals surface area contributed by atoms with Gasteiger partial charge in [0.05, 0.1) is 17.2 Å². The third kappa shape index (κ3) is 6.67. The van der Waals surface area contributed by atoms with E-state index in [0.29, 0.717) is 21.4 Å². The lowest BCUT2D eigenvalue weighted by molar-refractivity contribution is -0.113. The Hall–Kier alpha value is -2.66. The summed E-state index contributed by atoms with van der Waals surface area (Å²) in [4.78, 5) is 12.4. The largest absolute Gasteiger partial charge is 0.325 e. The first-order chi connectivity index (χ1) is 15.3. The summed E-state index contributed by atoms with van der Waals surface area (Å²) >= 11 is 7.45. The second kappa shape index (κ2) is 10.8. The molecular formula is C21H22ClN5O3S2. The normalized spacial score (nSPS) is 11.3. The van der Waals surface area contributed by atoms with Crippen LogP contribution >= 0.6 is 23.4 Å². The first kappa shape index (κ1) is 24.0. The Kier molecular flexibility index (Phi) is 8.08. The fourth-order valence-corrected chi connectivity index (χ4v) is 4.71. The number of halogens is 1. The molecule has 0 bridgehead atoms. The molecule has 11 heteroatoms. The summed E-state index contributed by atoms with van der Waals surface area (Å²) < 4.78 is 28.0. The molecule has 168 valence electrons. The van der Waals surface area contributed by atoms with Crippen LogP contribution in [0.2, 0.25) is 5.02 Å². The molecule has 1 heterocycles. The van der Waals surface area contributed by atoms with Gasteiger partial charge in [-0.15, -0.1) is 16.8 Å². The van der Waals surface area contributed by atoms with Crippen LogP contribution in [0.15, 0.2) is 66.6 Å². The monoisotopic (exact) mass is 491 g/mol. The molecule has 1 aromatic heterocycles. The molecule has 0 saturated heterocycles. The number of nitrogens with one attached hydrogen (secondary N) is 2. The highest BCUT2D eigenvalue weighted by atomic mass is 35.5. The van der Waals surface area contributed by atoms with Crippen LogP contribution in [0, 0.1) is 6.92 Å². The Morgan fingerprint density at radius 2 is 2.00 bits per heavy atom. The molecule has 32 heavy (non-hydrogen) atoms. The summed E-state index contributed by atoms with van der Waals surface area (Å²) in [6.07, 6.45) is 3.05. The van der Waals surface area contributed by atoms with E-state index in [1.807, 2.05) is 25.1 Å². The lowest BCUT2D eigenvalue weighted by Crippen LogP contribution is -2.25. The molecule has 2 N–H and O–H groups in total. The Balaban J connectivity index is 1.56. The average Bonchev–Trinajstić information content (AvgIpc) is 3.23. The highest BCUT2D eigenvalue weighted by molar-refractivity contribution is 7.99. The van der Waals surface area contributed by atoms with Gasteiger partial charge in [0, 0.05) is 17.3 Å². The van der Waals surface area contributed by atoms with Crippen molar-refractivity contribution in [1.29, 1.82) is 0 Å². The number of amides is 1. The standard InChI is InChI=1S/C21H22ClN5O3S2/c1-3-10-24-32(29,30)13-16-5-7-17(8-6-16)25-20(28)12-31-21-26-23-14-27(21)18-9-4-15(2)19(22)11-18/h3-9,11,14,24H,1,10,12-13H2,2H3,(H,25,28). The zero-order valence-electron chi connectivity index (χ0n) is 17.3. The van der Waals surface area contributed by atoms with Gasteiger partial charge < -0.3 is 5.32 Å². The fourth-order valence-electron chi connectivity index (χ4n) is 2.70. The third-order valence-corrected chi connectivity index (χ3v) is 6.99. The minimum Gasteiger partial charge on any atom is -0.325 e. The summed E-state index contributed by atoms with van der Waals surface area (Å²) in [5.74, 6) is -0.247. The van der Waals surface area contributed by atoms with Gasteiger partial charge in [0.2, 0.25) is 15.9 Å². The summed E-state index contributed by atoms with van der Waals surface area (Å²) in [5, 5.41) is 12.0. The van der Waals surface area contributed by atoms with Crippen molar-refractivity contribution in [3.8, 4) is 5.69 Å². The minimum atomic E-state index is -3.43. The Morgan fingerprint density at radius 1 is 1.25 bits per heavy atom. The number of nitrogens with zero attached hydrogens (tertiary/aromatic N) is 3. The third-order valence-electron chi connectivity index (χ3n) is 4.32. The number of hydrogen-bond donors (Lipinski definition) is 2. The molecule has 2 aromatic carbocycles. The zero-order valence-corrected chi connectivity index (χ0v) is 19.7. The number of aromatic nitrogens is 3. The maximum Gasteiger partial charge on any atom is 0.234 e. The van der Waals surface area contributed by atoms with Gasteiger partial charge in [-0.1, -0.05) is 47.6 Å². The summed E-state index contributed by atoms with van der Waals surface area (Å²) in [6, 6.07) is 12.3. The molecule has 0 saturated carbocycles. The predicted molar refractivity (Wildman–Crippen MR) is 128 cm³/mol. The second-order valence-corrected chi connectivity index (χ2v) is 10.0. The minimum absolute atomic E-state index is 0.125. The summed E-state index contributed by atoms with van der Waals surface area (Å²) in [6.45, 7) is 5.58. The van der Waals surface area contributed by atoms with Gasteiger partial charge in [-0.2, -0.15) is 0 Å². The number of rotatable bonds is 10. The quantitative estimate of drug-likeness (QED) is 0.332. The zero-order chi connectivity index (χ0) is 23.1. The lowest BCUT2D eigenvalue weighted by atomic mass is 10.2. The van der Waals surface area contributed by atoms with E-state index in [-0.39, 0.29) is 24.0 Å².